The van der Waals surface area contributed by atoms with Crippen molar-refractivity contribution in [2.75, 3.05) is 12.9 Å². The standard InChI is InChI=1S/C8H15NO3S/c1-12-7(10)8(6-13(9)11)4-2-3-5-8/h2-6,9H2,1H3. The molecule has 2 N–H and O–H groups in total. The van der Waals surface area contributed by atoms with Crippen LogP contribution in [0.1, 0.15) is 25.7 Å². The van der Waals surface area contributed by atoms with Gasteiger partial charge in [0.25, 0.3) is 0 Å². The van der Waals surface area contributed by atoms with Gasteiger partial charge in [0.05, 0.1) is 29.3 Å². The summed E-state index contributed by atoms with van der Waals surface area (Å²) < 4.78 is 15.6. The predicted molar refractivity (Wildman–Crippen MR) is 50.1 cm³/mol. The highest BCUT2D eigenvalue weighted by Crippen LogP contribution is 2.39. The predicted octanol–water partition coefficient (Wildman–Crippen LogP) is 0.342. The molecule has 1 fully saturated rings. The van der Waals surface area contributed by atoms with Gasteiger partial charge in [0.15, 0.2) is 0 Å². The summed E-state index contributed by atoms with van der Waals surface area (Å²) in [5, 5.41) is 5.21. The van der Waals surface area contributed by atoms with Crippen molar-refractivity contribution in [3.63, 3.8) is 0 Å². The van der Waals surface area contributed by atoms with Crippen LogP contribution in [0.25, 0.3) is 0 Å². The molecule has 76 valence electrons. The third-order valence-corrected chi connectivity index (χ3v) is 3.43. The first kappa shape index (κ1) is 10.7. The zero-order valence-electron chi connectivity index (χ0n) is 7.75. The normalized spacial score (nSPS) is 22.6. The smallest absolute Gasteiger partial charge is 0.312 e. The second-order valence-electron chi connectivity index (χ2n) is 3.50. The highest BCUT2D eigenvalue weighted by atomic mass is 32.2. The molecule has 0 aliphatic heterocycles. The van der Waals surface area contributed by atoms with Crippen LogP contribution in [-0.2, 0) is 20.5 Å². The monoisotopic (exact) mass is 205 g/mol. The van der Waals surface area contributed by atoms with Crippen LogP contribution in [0.2, 0.25) is 0 Å². The Balaban J connectivity index is 2.74. The maximum Gasteiger partial charge on any atom is 0.312 e. The van der Waals surface area contributed by atoms with Crippen molar-refractivity contribution in [1.82, 2.24) is 0 Å². The van der Waals surface area contributed by atoms with E-state index in [1.54, 1.807) is 0 Å². The summed E-state index contributed by atoms with van der Waals surface area (Å²) in [4.78, 5) is 11.5. The van der Waals surface area contributed by atoms with Crippen LogP contribution in [0.3, 0.4) is 0 Å². The van der Waals surface area contributed by atoms with Crippen LogP contribution >= 0.6 is 0 Å². The Morgan fingerprint density at radius 1 is 1.54 bits per heavy atom. The van der Waals surface area contributed by atoms with Crippen LogP contribution in [0.5, 0.6) is 0 Å². The Labute approximate surface area is 80.4 Å². The number of ether oxygens (including phenoxy) is 1. The molecule has 1 saturated carbocycles. The number of carbonyl (C=O) groups is 1. The first-order valence-electron chi connectivity index (χ1n) is 4.32. The van der Waals surface area contributed by atoms with Gasteiger partial charge in [-0.3, -0.25) is 9.93 Å². The quantitative estimate of drug-likeness (QED) is 0.675. The van der Waals surface area contributed by atoms with Crippen molar-refractivity contribution >= 4 is 17.0 Å². The van der Waals surface area contributed by atoms with E-state index in [1.807, 2.05) is 0 Å². The largest absolute Gasteiger partial charge is 0.469 e. The van der Waals surface area contributed by atoms with Crippen molar-refractivity contribution in [3.05, 3.63) is 0 Å². The van der Waals surface area contributed by atoms with Gasteiger partial charge in [0.2, 0.25) is 0 Å². The summed E-state index contributed by atoms with van der Waals surface area (Å²) in [6.07, 6.45) is 3.49. The lowest BCUT2D eigenvalue weighted by Crippen LogP contribution is -2.36. The molecule has 1 aliphatic rings. The molecular weight excluding hydrogens is 190 g/mol. The fraction of sp³-hybridized carbons (Fsp3) is 0.875. The maximum absolute atomic E-state index is 11.5. The number of rotatable bonds is 3. The molecule has 0 aromatic carbocycles. The van der Waals surface area contributed by atoms with Gasteiger partial charge in [-0.2, -0.15) is 0 Å². The summed E-state index contributed by atoms with van der Waals surface area (Å²) in [6, 6.07) is 0. The first-order valence-corrected chi connectivity index (χ1v) is 5.70. The Kier molecular flexibility index (Phi) is 3.44. The van der Waals surface area contributed by atoms with Crippen LogP contribution < -0.4 is 5.14 Å². The van der Waals surface area contributed by atoms with Crippen molar-refractivity contribution in [2.24, 2.45) is 10.6 Å². The number of carbonyl (C=O) groups excluding carboxylic acids is 1. The lowest BCUT2D eigenvalue weighted by molar-refractivity contribution is -0.151. The fourth-order valence-corrected chi connectivity index (χ4v) is 2.90. The van der Waals surface area contributed by atoms with Gasteiger partial charge in [0.1, 0.15) is 0 Å². The van der Waals surface area contributed by atoms with Crippen molar-refractivity contribution in [3.8, 4) is 0 Å². The molecule has 0 spiro atoms. The van der Waals surface area contributed by atoms with Gasteiger partial charge in [0, 0.05) is 0 Å². The topological polar surface area (TPSA) is 69.4 Å². The highest BCUT2D eigenvalue weighted by molar-refractivity contribution is 7.82. The second-order valence-corrected chi connectivity index (χ2v) is 4.55. The molecule has 1 atom stereocenters. The minimum absolute atomic E-state index is 0.236. The summed E-state index contributed by atoms with van der Waals surface area (Å²) in [5.74, 6) is -0.0246. The Bertz CT molecular complexity index is 223. The molecule has 0 saturated heterocycles. The molecule has 13 heavy (non-hydrogen) atoms. The minimum atomic E-state index is -1.42. The lowest BCUT2D eigenvalue weighted by Gasteiger charge is -2.23. The first-order chi connectivity index (χ1) is 6.10. The van der Waals surface area contributed by atoms with Crippen LogP contribution in [0.15, 0.2) is 0 Å². The molecule has 0 amide bonds. The molecular formula is C8H15NO3S. The molecule has 1 unspecified atom stereocenters. The van der Waals surface area contributed by atoms with E-state index in [9.17, 15) is 9.00 Å². The average molecular weight is 205 g/mol. The Morgan fingerprint density at radius 3 is 2.46 bits per heavy atom. The molecule has 4 nitrogen and oxygen atoms in total. The third kappa shape index (κ3) is 2.28. The van der Waals surface area contributed by atoms with Crippen molar-refractivity contribution in [1.29, 1.82) is 0 Å². The summed E-state index contributed by atoms with van der Waals surface area (Å²) in [6.45, 7) is 0. The van der Waals surface area contributed by atoms with Crippen LogP contribution in [-0.4, -0.2) is 23.0 Å². The van der Waals surface area contributed by atoms with E-state index in [0.29, 0.717) is 0 Å². The molecule has 1 rings (SSSR count). The zero-order valence-corrected chi connectivity index (χ0v) is 8.56. The average Bonchev–Trinajstić information content (AvgIpc) is 2.51. The molecule has 1 aliphatic carbocycles. The Hall–Kier alpha value is -0.420. The number of hydrogen-bond acceptors (Lipinski definition) is 3. The number of nitrogens with two attached hydrogens (primary N) is 1. The Morgan fingerprint density at radius 2 is 2.08 bits per heavy atom. The summed E-state index contributed by atoms with van der Waals surface area (Å²) >= 11 is 0. The van der Waals surface area contributed by atoms with Gasteiger partial charge in [-0.1, -0.05) is 12.8 Å². The minimum Gasteiger partial charge on any atom is -0.469 e. The van der Waals surface area contributed by atoms with Gasteiger partial charge in [-0.25, -0.2) is 4.21 Å². The molecule has 0 bridgehead atoms. The number of esters is 1. The molecule has 0 heterocycles. The number of methoxy groups -OCH3 is 1. The third-order valence-electron chi connectivity index (χ3n) is 2.60. The van der Waals surface area contributed by atoms with E-state index in [1.165, 1.54) is 7.11 Å². The fourth-order valence-electron chi connectivity index (χ4n) is 1.95. The van der Waals surface area contributed by atoms with E-state index in [0.717, 1.165) is 25.7 Å². The van der Waals surface area contributed by atoms with Crippen LogP contribution in [0.4, 0.5) is 0 Å². The SMILES string of the molecule is COC(=O)C1(CS(N)=O)CCCC1. The summed E-state index contributed by atoms with van der Waals surface area (Å²) in [7, 11) is -0.0548. The molecule has 0 aromatic rings. The van der Waals surface area contributed by atoms with Crippen molar-refractivity contribution < 1.29 is 13.7 Å². The lowest BCUT2D eigenvalue weighted by atomic mass is 9.89. The number of hydrogen-bond donors (Lipinski definition) is 1. The summed E-state index contributed by atoms with van der Waals surface area (Å²) in [5.41, 5.74) is -0.561. The van der Waals surface area contributed by atoms with E-state index >= 15 is 0 Å². The van der Waals surface area contributed by atoms with Gasteiger partial charge in [-0.05, 0) is 12.8 Å². The van der Waals surface area contributed by atoms with Gasteiger partial charge < -0.3 is 4.74 Å². The van der Waals surface area contributed by atoms with E-state index < -0.39 is 16.4 Å². The van der Waals surface area contributed by atoms with Gasteiger partial charge in [-0.15, -0.1) is 0 Å². The molecule has 0 radical (unpaired) electrons. The molecule has 0 aromatic heterocycles. The maximum atomic E-state index is 11.5. The van der Waals surface area contributed by atoms with E-state index in [4.69, 9.17) is 9.88 Å². The molecule has 5 heteroatoms. The highest BCUT2D eigenvalue weighted by Gasteiger charge is 2.43. The van der Waals surface area contributed by atoms with Gasteiger partial charge >= 0.3 is 5.97 Å². The van der Waals surface area contributed by atoms with E-state index in [2.05, 4.69) is 0 Å². The zero-order chi connectivity index (χ0) is 9.90. The van der Waals surface area contributed by atoms with E-state index in [-0.39, 0.29) is 11.7 Å². The van der Waals surface area contributed by atoms with Crippen molar-refractivity contribution in [2.45, 2.75) is 25.7 Å². The second kappa shape index (κ2) is 4.19. The van der Waals surface area contributed by atoms with Crippen LogP contribution in [0, 0.1) is 5.41 Å².